The summed E-state index contributed by atoms with van der Waals surface area (Å²) < 4.78 is 8.79. The minimum absolute atomic E-state index is 0.461. The van der Waals surface area contributed by atoms with Crippen LogP contribution in [0.3, 0.4) is 0 Å². The fraction of sp³-hybridized carbons (Fsp3) is 0.421. The van der Waals surface area contributed by atoms with E-state index in [-0.39, 0.29) is 0 Å². The summed E-state index contributed by atoms with van der Waals surface area (Å²) in [6, 6.07) is 7.47. The molecule has 0 aliphatic heterocycles. The maximum atomic E-state index is 10.5. The number of halogens is 1. The second-order valence-corrected chi connectivity index (χ2v) is 8.02. The van der Waals surface area contributed by atoms with E-state index in [0.717, 1.165) is 28.0 Å². The molecule has 1 aliphatic rings. The van der Waals surface area contributed by atoms with Crippen LogP contribution in [0.2, 0.25) is 0 Å². The molecule has 2 aromatic heterocycles. The van der Waals surface area contributed by atoms with E-state index in [1.807, 2.05) is 41.9 Å². The molecule has 1 atom stereocenters. The van der Waals surface area contributed by atoms with Gasteiger partial charge in [0.1, 0.15) is 23.1 Å². The SMILES string of the molecule is CN(C)CC(O)c1ncccc1Oc1ccc2c(nnn2CC2CC2)c1Br. The zero-order valence-electron chi connectivity index (χ0n) is 15.3. The van der Waals surface area contributed by atoms with Crippen molar-refractivity contribution < 1.29 is 9.84 Å². The number of nitrogens with zero attached hydrogens (tertiary/aromatic N) is 5. The normalized spacial score (nSPS) is 15.4. The molecule has 7 nitrogen and oxygen atoms in total. The van der Waals surface area contributed by atoms with Crippen LogP contribution in [0, 0.1) is 5.92 Å². The molecule has 3 aromatic rings. The molecule has 0 saturated heterocycles. The van der Waals surface area contributed by atoms with Gasteiger partial charge in [-0.1, -0.05) is 5.21 Å². The summed E-state index contributed by atoms with van der Waals surface area (Å²) in [6.45, 7) is 1.37. The van der Waals surface area contributed by atoms with Crippen LogP contribution < -0.4 is 4.74 Å². The fourth-order valence-electron chi connectivity index (χ4n) is 3.03. The molecule has 2 heterocycles. The number of aliphatic hydroxyl groups is 1. The fourth-order valence-corrected chi connectivity index (χ4v) is 3.53. The molecular weight excluding hydrogens is 410 g/mol. The van der Waals surface area contributed by atoms with Crippen LogP contribution in [-0.2, 0) is 6.54 Å². The zero-order chi connectivity index (χ0) is 19.0. The minimum atomic E-state index is -0.738. The van der Waals surface area contributed by atoms with Crippen molar-refractivity contribution >= 4 is 27.0 Å². The molecule has 27 heavy (non-hydrogen) atoms. The number of hydrogen-bond acceptors (Lipinski definition) is 6. The Balaban J connectivity index is 1.63. The van der Waals surface area contributed by atoms with Crippen LogP contribution in [0.1, 0.15) is 24.6 Å². The van der Waals surface area contributed by atoms with Crippen molar-refractivity contribution in [1.29, 1.82) is 0 Å². The average Bonchev–Trinajstić information content (AvgIpc) is 3.36. The Morgan fingerprint density at radius 2 is 2.11 bits per heavy atom. The molecule has 1 aliphatic carbocycles. The third-order valence-corrected chi connectivity index (χ3v) is 5.36. The van der Waals surface area contributed by atoms with Crippen molar-refractivity contribution in [2.75, 3.05) is 20.6 Å². The van der Waals surface area contributed by atoms with E-state index < -0.39 is 6.10 Å². The summed E-state index contributed by atoms with van der Waals surface area (Å²) in [4.78, 5) is 6.22. The second-order valence-electron chi connectivity index (χ2n) is 7.23. The molecule has 1 saturated carbocycles. The number of pyridine rings is 1. The second kappa shape index (κ2) is 7.53. The first kappa shape index (κ1) is 18.3. The Hall–Kier alpha value is -2.03. The van der Waals surface area contributed by atoms with E-state index in [9.17, 15) is 5.11 Å². The molecule has 1 aromatic carbocycles. The van der Waals surface area contributed by atoms with E-state index in [1.54, 1.807) is 12.3 Å². The van der Waals surface area contributed by atoms with Crippen LogP contribution in [0.25, 0.3) is 11.0 Å². The molecule has 0 spiro atoms. The van der Waals surface area contributed by atoms with Crippen molar-refractivity contribution in [3.8, 4) is 11.5 Å². The molecule has 4 rings (SSSR count). The third kappa shape index (κ3) is 3.97. The summed E-state index contributed by atoms with van der Waals surface area (Å²) >= 11 is 3.60. The van der Waals surface area contributed by atoms with E-state index in [2.05, 4.69) is 31.2 Å². The van der Waals surface area contributed by atoms with Crippen molar-refractivity contribution in [2.24, 2.45) is 5.92 Å². The number of ether oxygens (including phenoxy) is 1. The van der Waals surface area contributed by atoms with Crippen LogP contribution in [0.4, 0.5) is 0 Å². The van der Waals surface area contributed by atoms with E-state index in [4.69, 9.17) is 4.74 Å². The summed E-state index contributed by atoms with van der Waals surface area (Å²) in [6.07, 6.45) is 3.45. The molecular formula is C19H22BrN5O2. The van der Waals surface area contributed by atoms with Gasteiger partial charge in [-0.15, -0.1) is 5.10 Å². The number of rotatable bonds is 7. The van der Waals surface area contributed by atoms with Crippen molar-refractivity contribution in [3.05, 3.63) is 40.6 Å². The van der Waals surface area contributed by atoms with Crippen molar-refractivity contribution in [2.45, 2.75) is 25.5 Å². The lowest BCUT2D eigenvalue weighted by molar-refractivity contribution is 0.132. The lowest BCUT2D eigenvalue weighted by atomic mass is 10.2. The average molecular weight is 432 g/mol. The molecule has 0 amide bonds. The summed E-state index contributed by atoms with van der Waals surface area (Å²) in [5.74, 6) is 1.87. The lowest BCUT2D eigenvalue weighted by Gasteiger charge is -2.18. The molecule has 0 bridgehead atoms. The van der Waals surface area contributed by atoms with Crippen LogP contribution in [0.5, 0.6) is 11.5 Å². The first-order valence-electron chi connectivity index (χ1n) is 9.00. The molecule has 1 unspecified atom stereocenters. The van der Waals surface area contributed by atoms with Gasteiger partial charge >= 0.3 is 0 Å². The van der Waals surface area contributed by atoms with Gasteiger partial charge in [0.25, 0.3) is 0 Å². The predicted molar refractivity (Wildman–Crippen MR) is 106 cm³/mol. The van der Waals surface area contributed by atoms with Gasteiger partial charge < -0.3 is 14.7 Å². The molecule has 142 valence electrons. The Morgan fingerprint density at radius 3 is 2.85 bits per heavy atom. The van der Waals surface area contributed by atoms with Crippen molar-refractivity contribution in [3.63, 3.8) is 0 Å². The number of benzene rings is 1. The monoisotopic (exact) mass is 431 g/mol. The summed E-state index contributed by atoms with van der Waals surface area (Å²) in [7, 11) is 3.81. The largest absolute Gasteiger partial charge is 0.454 e. The molecule has 1 fully saturated rings. The van der Waals surface area contributed by atoms with Gasteiger partial charge in [0.15, 0.2) is 5.75 Å². The maximum Gasteiger partial charge on any atom is 0.151 e. The number of hydrogen-bond donors (Lipinski definition) is 1. The van der Waals surface area contributed by atoms with Gasteiger partial charge in [0, 0.05) is 19.3 Å². The number of fused-ring (bicyclic) bond motifs is 1. The van der Waals surface area contributed by atoms with Gasteiger partial charge in [-0.25, -0.2) is 4.68 Å². The highest BCUT2D eigenvalue weighted by atomic mass is 79.9. The summed E-state index contributed by atoms with van der Waals surface area (Å²) in [5, 5.41) is 19.1. The minimum Gasteiger partial charge on any atom is -0.454 e. The highest BCUT2D eigenvalue weighted by Crippen LogP contribution is 2.37. The smallest absolute Gasteiger partial charge is 0.151 e. The highest BCUT2D eigenvalue weighted by molar-refractivity contribution is 9.10. The Kier molecular flexibility index (Phi) is 5.12. The van der Waals surface area contributed by atoms with Crippen LogP contribution >= 0.6 is 15.9 Å². The Labute approximate surface area is 166 Å². The number of aromatic nitrogens is 4. The van der Waals surface area contributed by atoms with Gasteiger partial charge in [0.2, 0.25) is 0 Å². The molecule has 8 heteroatoms. The van der Waals surface area contributed by atoms with Gasteiger partial charge in [-0.2, -0.15) is 0 Å². The Bertz CT molecular complexity index is 954. The van der Waals surface area contributed by atoms with Crippen molar-refractivity contribution in [1.82, 2.24) is 24.9 Å². The van der Waals surface area contributed by atoms with Gasteiger partial charge in [0.05, 0.1) is 9.99 Å². The highest BCUT2D eigenvalue weighted by Gasteiger charge is 2.24. The first-order valence-corrected chi connectivity index (χ1v) is 9.79. The topological polar surface area (TPSA) is 76.3 Å². The number of likely N-dealkylation sites (N-methyl/N-ethyl adjacent to an activating group) is 1. The standard InChI is InChI=1S/C19H22BrN5O2/c1-24(2)11-14(26)19-16(4-3-9-21-19)27-15-8-7-13-18(17(15)20)22-23-25(13)10-12-5-6-12/h3-4,7-9,12,14,26H,5-6,10-11H2,1-2H3. The van der Waals surface area contributed by atoms with Crippen LogP contribution in [-0.4, -0.2) is 50.6 Å². The summed E-state index contributed by atoms with van der Waals surface area (Å²) in [5.41, 5.74) is 2.27. The zero-order valence-corrected chi connectivity index (χ0v) is 16.9. The van der Waals surface area contributed by atoms with Gasteiger partial charge in [-0.3, -0.25) is 4.98 Å². The van der Waals surface area contributed by atoms with E-state index in [1.165, 1.54) is 12.8 Å². The molecule has 0 radical (unpaired) electrons. The number of aliphatic hydroxyl groups excluding tert-OH is 1. The van der Waals surface area contributed by atoms with Gasteiger partial charge in [-0.05, 0) is 73.1 Å². The predicted octanol–water partition coefficient (Wildman–Crippen LogP) is 3.39. The quantitative estimate of drug-likeness (QED) is 0.617. The maximum absolute atomic E-state index is 10.5. The third-order valence-electron chi connectivity index (χ3n) is 4.59. The first-order chi connectivity index (χ1) is 13.0. The van der Waals surface area contributed by atoms with E-state index in [0.29, 0.717) is 23.7 Å². The van der Waals surface area contributed by atoms with Crippen LogP contribution in [0.15, 0.2) is 34.9 Å². The molecule has 1 N–H and O–H groups in total. The van der Waals surface area contributed by atoms with E-state index >= 15 is 0 Å². The Morgan fingerprint density at radius 1 is 1.30 bits per heavy atom. The lowest BCUT2D eigenvalue weighted by Crippen LogP contribution is -2.21.